The molecule has 3 saturated heterocycles. The third kappa shape index (κ3) is 3.92. The summed E-state index contributed by atoms with van der Waals surface area (Å²) in [6, 6.07) is 12.8. The number of hydrogen-bond acceptors (Lipinski definition) is 4. The first-order valence-corrected chi connectivity index (χ1v) is 12.6. The lowest BCUT2D eigenvalue weighted by Gasteiger charge is -2.39. The van der Waals surface area contributed by atoms with Gasteiger partial charge in [-0.3, -0.25) is 0 Å². The molecule has 0 spiro atoms. The Labute approximate surface area is 183 Å². The Morgan fingerprint density at radius 3 is 2.45 bits per heavy atom. The molecule has 3 atom stereocenters. The zero-order valence-corrected chi connectivity index (χ0v) is 18.3. The lowest BCUT2D eigenvalue weighted by Crippen LogP contribution is -2.56. The van der Waals surface area contributed by atoms with Crippen molar-refractivity contribution in [2.75, 3.05) is 13.1 Å². The molecule has 0 radical (unpaired) electrons. The number of aliphatic hydroxyl groups excluding tert-OH is 1. The molecule has 3 aliphatic rings. The van der Waals surface area contributed by atoms with E-state index < -0.39 is 10.0 Å². The molecule has 2 unspecified atom stereocenters. The van der Waals surface area contributed by atoms with E-state index in [4.69, 9.17) is 0 Å². The predicted molar refractivity (Wildman–Crippen MR) is 118 cm³/mol. The molecule has 2 amide bonds. The van der Waals surface area contributed by atoms with Crippen molar-refractivity contribution in [1.29, 1.82) is 0 Å². The highest BCUT2D eigenvalue weighted by Crippen LogP contribution is 2.36. The van der Waals surface area contributed by atoms with Crippen molar-refractivity contribution in [2.45, 2.75) is 67.6 Å². The number of nitrogens with one attached hydrogen (secondary N) is 1. The number of piperidine rings is 2. The number of urea groups is 1. The maximum Gasteiger partial charge on any atom is 0.318 e. The summed E-state index contributed by atoms with van der Waals surface area (Å²) < 4.78 is 28.1. The molecular formula is C23H29N3O4S. The van der Waals surface area contributed by atoms with Crippen LogP contribution in [0.5, 0.6) is 0 Å². The first-order valence-electron chi connectivity index (χ1n) is 11.2. The highest BCUT2D eigenvalue weighted by atomic mass is 32.2. The number of rotatable bonds is 3. The van der Waals surface area contributed by atoms with Gasteiger partial charge in [0.05, 0.1) is 11.0 Å². The topological polar surface area (TPSA) is 90.0 Å². The van der Waals surface area contributed by atoms with Crippen LogP contribution in [-0.4, -0.2) is 66.1 Å². The fourth-order valence-electron chi connectivity index (χ4n) is 5.48. The number of fused-ring (bicyclic) bond motifs is 3. The predicted octanol–water partition coefficient (Wildman–Crippen LogP) is 2.69. The monoisotopic (exact) mass is 443 g/mol. The summed E-state index contributed by atoms with van der Waals surface area (Å²) in [6.07, 6.45) is 4.29. The first kappa shape index (κ1) is 20.7. The van der Waals surface area contributed by atoms with E-state index in [9.17, 15) is 18.3 Å². The van der Waals surface area contributed by atoms with Crippen molar-refractivity contribution in [3.8, 4) is 0 Å². The minimum absolute atomic E-state index is 0.0924. The van der Waals surface area contributed by atoms with Crippen molar-refractivity contribution in [1.82, 2.24) is 14.5 Å². The number of carbonyl (C=O) groups excluding carboxylic acids is 1. The molecule has 3 heterocycles. The van der Waals surface area contributed by atoms with Gasteiger partial charge in [0.25, 0.3) is 0 Å². The van der Waals surface area contributed by atoms with Gasteiger partial charge in [-0.05, 0) is 61.4 Å². The molecule has 5 rings (SSSR count). The van der Waals surface area contributed by atoms with Crippen molar-refractivity contribution < 1.29 is 18.3 Å². The molecule has 7 nitrogen and oxygen atoms in total. The van der Waals surface area contributed by atoms with E-state index in [-0.39, 0.29) is 36.8 Å². The first-order chi connectivity index (χ1) is 14.9. The second kappa shape index (κ2) is 8.07. The number of amides is 2. The molecule has 3 fully saturated rings. The highest BCUT2D eigenvalue weighted by Gasteiger charge is 2.43. The molecule has 0 aromatic heterocycles. The van der Waals surface area contributed by atoms with Crippen molar-refractivity contribution in [3.05, 3.63) is 42.5 Å². The summed E-state index contributed by atoms with van der Waals surface area (Å²) in [5.41, 5.74) is 0. The van der Waals surface area contributed by atoms with Crippen LogP contribution < -0.4 is 5.32 Å². The Kier molecular flexibility index (Phi) is 5.40. The smallest absolute Gasteiger partial charge is 0.318 e. The number of hydrogen-bond donors (Lipinski definition) is 2. The zero-order chi connectivity index (χ0) is 21.6. The quantitative estimate of drug-likeness (QED) is 0.763. The van der Waals surface area contributed by atoms with Gasteiger partial charge in [-0.2, -0.15) is 4.31 Å². The number of aliphatic hydroxyl groups is 1. The average molecular weight is 444 g/mol. The van der Waals surface area contributed by atoms with E-state index in [1.165, 1.54) is 4.31 Å². The van der Waals surface area contributed by atoms with Gasteiger partial charge in [-0.25, -0.2) is 13.2 Å². The van der Waals surface area contributed by atoms with Gasteiger partial charge in [0, 0.05) is 31.2 Å². The molecule has 2 aromatic rings. The summed E-state index contributed by atoms with van der Waals surface area (Å²) in [4.78, 5) is 15.2. The van der Waals surface area contributed by atoms with Crippen LogP contribution in [0.4, 0.5) is 4.79 Å². The fraction of sp³-hybridized carbons (Fsp3) is 0.522. The van der Waals surface area contributed by atoms with Crippen LogP contribution in [0.25, 0.3) is 10.8 Å². The molecule has 0 aliphatic carbocycles. The number of nitrogens with zero attached hydrogens (tertiary/aromatic N) is 2. The van der Waals surface area contributed by atoms with Gasteiger partial charge in [-0.15, -0.1) is 0 Å². The van der Waals surface area contributed by atoms with E-state index in [0.717, 1.165) is 30.0 Å². The Bertz CT molecular complexity index is 1080. The lowest BCUT2D eigenvalue weighted by molar-refractivity contribution is 0.0528. The second-order valence-corrected chi connectivity index (χ2v) is 11.0. The molecule has 2 bridgehead atoms. The van der Waals surface area contributed by atoms with Gasteiger partial charge in [0.15, 0.2) is 0 Å². The van der Waals surface area contributed by atoms with Crippen LogP contribution >= 0.6 is 0 Å². The van der Waals surface area contributed by atoms with Crippen LogP contribution in [0.3, 0.4) is 0 Å². The van der Waals surface area contributed by atoms with Crippen LogP contribution in [0.2, 0.25) is 0 Å². The minimum atomic E-state index is -3.63. The van der Waals surface area contributed by atoms with Crippen LogP contribution in [0.1, 0.15) is 38.5 Å². The fourth-order valence-corrected chi connectivity index (χ4v) is 7.04. The van der Waals surface area contributed by atoms with Gasteiger partial charge < -0.3 is 15.3 Å². The molecule has 2 N–H and O–H groups in total. The number of carbonyl (C=O) groups is 1. The summed E-state index contributed by atoms with van der Waals surface area (Å²) in [5, 5.41) is 15.0. The maximum atomic E-state index is 13.3. The summed E-state index contributed by atoms with van der Waals surface area (Å²) >= 11 is 0. The Morgan fingerprint density at radius 1 is 1.00 bits per heavy atom. The highest BCUT2D eigenvalue weighted by molar-refractivity contribution is 7.89. The number of benzene rings is 2. The minimum Gasteiger partial charge on any atom is -0.393 e. The van der Waals surface area contributed by atoms with Gasteiger partial charge in [-0.1, -0.05) is 30.3 Å². The van der Waals surface area contributed by atoms with Crippen LogP contribution in [-0.2, 0) is 10.0 Å². The Morgan fingerprint density at radius 2 is 1.71 bits per heavy atom. The molecule has 31 heavy (non-hydrogen) atoms. The summed E-state index contributed by atoms with van der Waals surface area (Å²) in [7, 11) is -3.63. The van der Waals surface area contributed by atoms with E-state index in [2.05, 4.69) is 5.32 Å². The largest absolute Gasteiger partial charge is 0.393 e. The van der Waals surface area contributed by atoms with Crippen molar-refractivity contribution in [2.24, 2.45) is 0 Å². The lowest BCUT2D eigenvalue weighted by atomic mass is 10.0. The molecule has 166 valence electrons. The second-order valence-electron chi connectivity index (χ2n) is 9.08. The SMILES string of the molecule is O=C(N[C@H]1CCCN(S(=O)(=O)c2ccc3ccccc3c2)C1)N1C2CCC1CC(O)C2. The molecule has 8 heteroatoms. The van der Waals surface area contributed by atoms with E-state index in [0.29, 0.717) is 30.7 Å². The van der Waals surface area contributed by atoms with Crippen LogP contribution in [0, 0.1) is 0 Å². The van der Waals surface area contributed by atoms with Crippen LogP contribution in [0.15, 0.2) is 47.4 Å². The van der Waals surface area contributed by atoms with Gasteiger partial charge in [0.2, 0.25) is 10.0 Å². The molecule has 3 aliphatic heterocycles. The molecular weight excluding hydrogens is 414 g/mol. The van der Waals surface area contributed by atoms with Gasteiger partial charge in [0.1, 0.15) is 0 Å². The third-order valence-electron chi connectivity index (χ3n) is 7.01. The molecule has 2 aromatic carbocycles. The summed E-state index contributed by atoms with van der Waals surface area (Å²) in [5.74, 6) is 0. The zero-order valence-electron chi connectivity index (χ0n) is 17.5. The van der Waals surface area contributed by atoms with Crippen molar-refractivity contribution >= 4 is 26.8 Å². The van der Waals surface area contributed by atoms with E-state index in [1.54, 1.807) is 12.1 Å². The number of sulfonamides is 1. The molecule has 0 saturated carbocycles. The van der Waals surface area contributed by atoms with E-state index in [1.807, 2.05) is 35.2 Å². The standard InChI is InChI=1S/C23H29N3O4S/c27-21-13-19-8-9-20(14-21)26(19)23(28)24-18-6-3-11-25(15-18)31(29,30)22-10-7-16-4-1-2-5-17(16)12-22/h1-2,4-5,7,10,12,18-21,27H,3,6,8-9,11,13-15H2,(H,24,28)/t18-,19?,20?,21?/m0/s1. The Hall–Kier alpha value is -2.16. The normalized spacial score (nSPS) is 29.3. The van der Waals surface area contributed by atoms with Crippen molar-refractivity contribution in [3.63, 3.8) is 0 Å². The van der Waals surface area contributed by atoms with Gasteiger partial charge >= 0.3 is 6.03 Å². The summed E-state index contributed by atoms with van der Waals surface area (Å²) in [6.45, 7) is 0.745. The average Bonchev–Trinajstić information content (AvgIpc) is 3.05. The van der Waals surface area contributed by atoms with E-state index >= 15 is 0 Å². The third-order valence-corrected chi connectivity index (χ3v) is 8.87. The maximum absolute atomic E-state index is 13.3. The Balaban J connectivity index is 1.29.